The van der Waals surface area contributed by atoms with Gasteiger partial charge in [0.2, 0.25) is 0 Å². The number of imidazole rings is 1. The molecule has 2 saturated carbocycles. The first-order chi connectivity index (χ1) is 14.8. The van der Waals surface area contributed by atoms with Gasteiger partial charge >= 0.3 is 0 Å². The number of pyridine rings is 1. The standard InChI is InChI=1S/C24H36N6/c1-17-23(19-9-10-19)29-24(27-17)21-7-4-8-22(28-21)26-13-12-25-15-18-11-14-30(16-18)20-5-2-3-6-20/h4,7-8,18-20,25H,2-3,5-6,9-16H2,1H3,(H,26,28)(H,27,29)/t18-/m0/s1. The molecule has 3 heterocycles. The second kappa shape index (κ2) is 9.06. The van der Waals surface area contributed by atoms with E-state index in [0.29, 0.717) is 5.92 Å². The summed E-state index contributed by atoms with van der Waals surface area (Å²) >= 11 is 0. The van der Waals surface area contributed by atoms with Crippen LogP contribution in [0.5, 0.6) is 0 Å². The van der Waals surface area contributed by atoms with Crippen molar-refractivity contribution >= 4 is 5.82 Å². The molecule has 0 unspecified atom stereocenters. The van der Waals surface area contributed by atoms with Crippen molar-refractivity contribution in [3.05, 3.63) is 29.6 Å². The summed E-state index contributed by atoms with van der Waals surface area (Å²) in [5, 5.41) is 7.11. The first-order valence-corrected chi connectivity index (χ1v) is 12.0. The molecule has 6 nitrogen and oxygen atoms in total. The smallest absolute Gasteiger partial charge is 0.156 e. The molecule has 30 heavy (non-hydrogen) atoms. The Morgan fingerprint density at radius 2 is 1.93 bits per heavy atom. The summed E-state index contributed by atoms with van der Waals surface area (Å²) in [7, 11) is 0. The van der Waals surface area contributed by atoms with Gasteiger partial charge in [0.25, 0.3) is 0 Å². The molecule has 3 fully saturated rings. The molecular weight excluding hydrogens is 372 g/mol. The van der Waals surface area contributed by atoms with Crippen LogP contribution in [-0.4, -0.2) is 58.6 Å². The fourth-order valence-electron chi connectivity index (χ4n) is 5.25. The Bertz CT molecular complexity index is 836. The number of nitrogens with one attached hydrogen (secondary N) is 3. The number of likely N-dealkylation sites (tertiary alicyclic amines) is 1. The number of H-pyrrole nitrogens is 1. The van der Waals surface area contributed by atoms with E-state index in [4.69, 9.17) is 9.97 Å². The fourth-order valence-corrected chi connectivity index (χ4v) is 5.25. The van der Waals surface area contributed by atoms with E-state index in [1.807, 2.05) is 12.1 Å². The zero-order valence-electron chi connectivity index (χ0n) is 18.3. The summed E-state index contributed by atoms with van der Waals surface area (Å²) in [6.07, 6.45) is 9.64. The minimum Gasteiger partial charge on any atom is -0.369 e. The van der Waals surface area contributed by atoms with Gasteiger partial charge in [-0.3, -0.25) is 0 Å². The topological polar surface area (TPSA) is 68.9 Å². The first kappa shape index (κ1) is 20.0. The van der Waals surface area contributed by atoms with Crippen LogP contribution < -0.4 is 10.6 Å². The highest BCUT2D eigenvalue weighted by Crippen LogP contribution is 2.41. The summed E-state index contributed by atoms with van der Waals surface area (Å²) in [6.45, 7) is 7.69. The summed E-state index contributed by atoms with van der Waals surface area (Å²) in [6, 6.07) is 7.02. The van der Waals surface area contributed by atoms with E-state index in [1.54, 1.807) is 0 Å². The van der Waals surface area contributed by atoms with Gasteiger partial charge in [-0.15, -0.1) is 0 Å². The van der Waals surface area contributed by atoms with Crippen molar-refractivity contribution in [1.29, 1.82) is 0 Å². The Kier molecular flexibility index (Phi) is 6.05. The predicted octanol–water partition coefficient (Wildman–Crippen LogP) is 3.92. The zero-order valence-corrected chi connectivity index (χ0v) is 18.3. The molecule has 2 aromatic heterocycles. The molecule has 1 aliphatic heterocycles. The van der Waals surface area contributed by atoms with Crippen molar-refractivity contribution in [3.8, 4) is 11.5 Å². The van der Waals surface area contributed by atoms with Crippen LogP contribution in [0.4, 0.5) is 5.82 Å². The van der Waals surface area contributed by atoms with Gasteiger partial charge in [0, 0.05) is 37.3 Å². The number of hydrogen-bond donors (Lipinski definition) is 3. The van der Waals surface area contributed by atoms with Crippen LogP contribution in [-0.2, 0) is 0 Å². The molecular formula is C24H36N6. The summed E-state index contributed by atoms with van der Waals surface area (Å²) in [4.78, 5) is 15.7. The average molecular weight is 409 g/mol. The molecule has 6 heteroatoms. The van der Waals surface area contributed by atoms with Gasteiger partial charge in [-0.25, -0.2) is 9.97 Å². The highest BCUT2D eigenvalue weighted by molar-refractivity contribution is 5.54. The van der Waals surface area contributed by atoms with Gasteiger partial charge < -0.3 is 20.5 Å². The van der Waals surface area contributed by atoms with Crippen molar-refractivity contribution in [3.63, 3.8) is 0 Å². The quantitative estimate of drug-likeness (QED) is 0.549. The normalized spacial score (nSPS) is 22.8. The minimum absolute atomic E-state index is 0.684. The van der Waals surface area contributed by atoms with E-state index < -0.39 is 0 Å². The van der Waals surface area contributed by atoms with Gasteiger partial charge in [-0.2, -0.15) is 0 Å². The third-order valence-electron chi connectivity index (χ3n) is 7.10. The van der Waals surface area contributed by atoms with Gasteiger partial charge in [0.15, 0.2) is 5.82 Å². The molecule has 162 valence electrons. The summed E-state index contributed by atoms with van der Waals surface area (Å²) < 4.78 is 0. The molecule has 0 amide bonds. The largest absolute Gasteiger partial charge is 0.369 e. The molecule has 2 aliphatic carbocycles. The van der Waals surface area contributed by atoms with Crippen molar-refractivity contribution in [2.24, 2.45) is 5.92 Å². The van der Waals surface area contributed by atoms with Crippen LogP contribution in [0.3, 0.4) is 0 Å². The second-order valence-electron chi connectivity index (χ2n) is 9.49. The predicted molar refractivity (Wildman–Crippen MR) is 122 cm³/mol. The van der Waals surface area contributed by atoms with E-state index in [0.717, 1.165) is 54.6 Å². The lowest BCUT2D eigenvalue weighted by Crippen LogP contribution is -2.33. The number of aromatic nitrogens is 3. The summed E-state index contributed by atoms with van der Waals surface area (Å²) in [5.41, 5.74) is 3.34. The van der Waals surface area contributed by atoms with E-state index in [1.165, 1.54) is 63.7 Å². The van der Waals surface area contributed by atoms with Crippen molar-refractivity contribution < 1.29 is 0 Å². The highest BCUT2D eigenvalue weighted by atomic mass is 15.2. The Balaban J connectivity index is 1.05. The number of rotatable bonds is 9. The lowest BCUT2D eigenvalue weighted by atomic mass is 10.1. The fraction of sp³-hybridized carbons (Fsp3) is 0.667. The van der Waals surface area contributed by atoms with Crippen LogP contribution in [0.25, 0.3) is 11.5 Å². The highest BCUT2D eigenvalue weighted by Gasteiger charge is 2.29. The Morgan fingerprint density at radius 1 is 1.07 bits per heavy atom. The third-order valence-corrected chi connectivity index (χ3v) is 7.10. The van der Waals surface area contributed by atoms with E-state index >= 15 is 0 Å². The number of aromatic amines is 1. The van der Waals surface area contributed by atoms with Crippen molar-refractivity contribution in [1.82, 2.24) is 25.2 Å². The van der Waals surface area contributed by atoms with E-state index in [2.05, 4.69) is 33.5 Å². The first-order valence-electron chi connectivity index (χ1n) is 12.0. The molecule has 2 aromatic rings. The van der Waals surface area contributed by atoms with Gasteiger partial charge in [0.05, 0.1) is 5.69 Å². The van der Waals surface area contributed by atoms with Crippen LogP contribution in [0.15, 0.2) is 18.2 Å². The maximum atomic E-state index is 4.77. The third kappa shape index (κ3) is 4.70. The number of hydrogen-bond acceptors (Lipinski definition) is 5. The lowest BCUT2D eigenvalue weighted by molar-refractivity contribution is 0.236. The molecule has 0 aromatic carbocycles. The van der Waals surface area contributed by atoms with Crippen LogP contribution in [0.1, 0.15) is 62.3 Å². The lowest BCUT2D eigenvalue weighted by Gasteiger charge is -2.23. The molecule has 0 radical (unpaired) electrons. The molecule has 3 N–H and O–H groups in total. The zero-order chi connectivity index (χ0) is 20.3. The Hall–Kier alpha value is -1.92. The van der Waals surface area contributed by atoms with Gasteiger partial charge in [0.1, 0.15) is 11.5 Å². The summed E-state index contributed by atoms with van der Waals surface area (Å²) in [5.74, 6) is 3.31. The second-order valence-corrected chi connectivity index (χ2v) is 9.49. The minimum atomic E-state index is 0.684. The van der Waals surface area contributed by atoms with Crippen LogP contribution in [0.2, 0.25) is 0 Å². The Labute approximate surface area is 180 Å². The van der Waals surface area contributed by atoms with E-state index in [9.17, 15) is 0 Å². The van der Waals surface area contributed by atoms with Crippen LogP contribution >= 0.6 is 0 Å². The number of aryl methyl sites for hydroxylation is 1. The Morgan fingerprint density at radius 3 is 2.77 bits per heavy atom. The van der Waals surface area contributed by atoms with Crippen LogP contribution in [0, 0.1) is 12.8 Å². The maximum Gasteiger partial charge on any atom is 0.156 e. The number of nitrogens with zero attached hydrogens (tertiary/aromatic N) is 3. The van der Waals surface area contributed by atoms with E-state index in [-0.39, 0.29) is 0 Å². The molecule has 3 aliphatic rings. The average Bonchev–Trinajstić information content (AvgIpc) is 3.14. The van der Waals surface area contributed by atoms with Crippen molar-refractivity contribution in [2.75, 3.05) is 38.0 Å². The SMILES string of the molecule is Cc1nc(-c2cccc(NCCNC[C@@H]3CCN(C4CCCC4)C3)n2)[nH]c1C1CC1. The van der Waals surface area contributed by atoms with Crippen molar-refractivity contribution in [2.45, 2.75) is 63.8 Å². The number of anilines is 1. The van der Waals surface area contributed by atoms with Gasteiger partial charge in [-0.1, -0.05) is 18.9 Å². The molecule has 1 saturated heterocycles. The monoisotopic (exact) mass is 408 g/mol. The molecule has 1 atom stereocenters. The molecule has 5 rings (SSSR count). The molecule has 0 spiro atoms. The maximum absolute atomic E-state index is 4.77. The van der Waals surface area contributed by atoms with Gasteiger partial charge in [-0.05, 0) is 70.2 Å². The molecule has 0 bridgehead atoms.